The SMILES string of the molecule is O=C(O)[C@@H]1[C@H](C(=O)Nc2ccc3c(c2)OCCO3)[C@H]2C=C[C@H]1C2. The molecule has 1 aromatic rings. The lowest BCUT2D eigenvalue weighted by molar-refractivity contribution is -0.146. The van der Waals surface area contributed by atoms with Gasteiger partial charge in [0.1, 0.15) is 13.2 Å². The minimum atomic E-state index is -0.899. The molecule has 3 aliphatic rings. The topological polar surface area (TPSA) is 84.9 Å². The third-order valence-corrected chi connectivity index (χ3v) is 4.86. The summed E-state index contributed by atoms with van der Waals surface area (Å²) in [5.74, 6) is -1.07. The van der Waals surface area contributed by atoms with Crippen LogP contribution in [0.1, 0.15) is 6.42 Å². The van der Waals surface area contributed by atoms with Crippen LogP contribution in [0.2, 0.25) is 0 Å². The Morgan fingerprint density at radius 1 is 1.04 bits per heavy atom. The average molecular weight is 315 g/mol. The lowest BCUT2D eigenvalue weighted by atomic mass is 9.82. The Balaban J connectivity index is 1.54. The lowest BCUT2D eigenvalue weighted by Gasteiger charge is -2.24. The Hall–Kier alpha value is -2.50. The normalized spacial score (nSPS) is 30.3. The zero-order valence-electron chi connectivity index (χ0n) is 12.4. The second-order valence-electron chi connectivity index (χ2n) is 6.19. The van der Waals surface area contributed by atoms with Gasteiger partial charge in [-0.25, -0.2) is 0 Å². The van der Waals surface area contributed by atoms with Gasteiger partial charge in [0, 0.05) is 11.8 Å². The zero-order valence-corrected chi connectivity index (χ0v) is 12.4. The molecule has 0 aromatic heterocycles. The molecule has 1 aliphatic heterocycles. The minimum absolute atomic E-state index is 0.0123. The van der Waals surface area contributed by atoms with E-state index in [1.807, 2.05) is 12.2 Å². The molecule has 1 heterocycles. The van der Waals surface area contributed by atoms with E-state index in [1.54, 1.807) is 18.2 Å². The van der Waals surface area contributed by atoms with Gasteiger partial charge in [-0.15, -0.1) is 0 Å². The highest BCUT2D eigenvalue weighted by molar-refractivity contribution is 5.96. The monoisotopic (exact) mass is 315 g/mol. The van der Waals surface area contributed by atoms with E-state index >= 15 is 0 Å². The van der Waals surface area contributed by atoms with Crippen LogP contribution in [-0.4, -0.2) is 30.2 Å². The number of nitrogens with one attached hydrogen (secondary N) is 1. The molecule has 4 atom stereocenters. The summed E-state index contributed by atoms with van der Waals surface area (Å²) in [6.45, 7) is 0.985. The summed E-state index contributed by atoms with van der Waals surface area (Å²) in [6, 6.07) is 5.20. The van der Waals surface area contributed by atoms with Gasteiger partial charge in [-0.05, 0) is 30.4 Å². The number of aliphatic carboxylic acids is 1. The summed E-state index contributed by atoms with van der Waals surface area (Å²) in [7, 11) is 0. The van der Waals surface area contributed by atoms with E-state index < -0.39 is 17.8 Å². The number of carbonyl (C=O) groups is 2. The maximum Gasteiger partial charge on any atom is 0.307 e. The number of hydrogen-bond donors (Lipinski definition) is 2. The predicted molar refractivity (Wildman–Crippen MR) is 81.4 cm³/mol. The molecule has 2 aliphatic carbocycles. The van der Waals surface area contributed by atoms with Crippen LogP contribution in [0.4, 0.5) is 5.69 Å². The predicted octanol–water partition coefficient (Wildman–Crippen LogP) is 1.92. The molecule has 2 bridgehead atoms. The minimum Gasteiger partial charge on any atom is -0.486 e. The first-order valence-corrected chi connectivity index (χ1v) is 7.75. The van der Waals surface area contributed by atoms with Crippen molar-refractivity contribution in [3.05, 3.63) is 30.4 Å². The second-order valence-corrected chi connectivity index (χ2v) is 6.19. The number of hydrogen-bond acceptors (Lipinski definition) is 4. The third-order valence-electron chi connectivity index (χ3n) is 4.86. The maximum atomic E-state index is 12.6. The number of anilines is 1. The highest BCUT2D eigenvalue weighted by Gasteiger charge is 2.51. The number of fused-ring (bicyclic) bond motifs is 3. The Labute approximate surface area is 133 Å². The van der Waals surface area contributed by atoms with Crippen LogP contribution in [0.25, 0.3) is 0 Å². The quantitative estimate of drug-likeness (QED) is 0.832. The fourth-order valence-electron chi connectivity index (χ4n) is 3.86. The molecule has 0 spiro atoms. The highest BCUT2D eigenvalue weighted by atomic mass is 16.6. The fourth-order valence-corrected chi connectivity index (χ4v) is 3.86. The van der Waals surface area contributed by atoms with Gasteiger partial charge in [-0.3, -0.25) is 9.59 Å². The van der Waals surface area contributed by atoms with Crippen LogP contribution in [0.5, 0.6) is 11.5 Å². The number of carbonyl (C=O) groups excluding carboxylic acids is 1. The van der Waals surface area contributed by atoms with Crippen LogP contribution in [0.3, 0.4) is 0 Å². The molecule has 1 amide bonds. The van der Waals surface area contributed by atoms with Gasteiger partial charge in [0.05, 0.1) is 11.8 Å². The molecule has 4 rings (SSSR count). The van der Waals surface area contributed by atoms with Crippen molar-refractivity contribution in [3.8, 4) is 11.5 Å². The van der Waals surface area contributed by atoms with E-state index in [-0.39, 0.29) is 17.7 Å². The number of allylic oxidation sites excluding steroid dienone is 2. The van der Waals surface area contributed by atoms with Crippen molar-refractivity contribution in [2.75, 3.05) is 18.5 Å². The number of ether oxygens (including phenoxy) is 2. The van der Waals surface area contributed by atoms with Gasteiger partial charge >= 0.3 is 5.97 Å². The molecule has 6 nitrogen and oxygen atoms in total. The zero-order chi connectivity index (χ0) is 16.0. The Bertz CT molecular complexity index is 698. The van der Waals surface area contributed by atoms with E-state index in [4.69, 9.17) is 9.47 Å². The molecule has 1 saturated carbocycles. The van der Waals surface area contributed by atoms with E-state index in [1.165, 1.54) is 0 Å². The van der Waals surface area contributed by atoms with Crippen molar-refractivity contribution in [1.29, 1.82) is 0 Å². The summed E-state index contributed by atoms with van der Waals surface area (Å²) < 4.78 is 10.9. The third kappa shape index (κ3) is 2.34. The van der Waals surface area contributed by atoms with E-state index in [0.29, 0.717) is 30.4 Å². The van der Waals surface area contributed by atoms with Gasteiger partial charge < -0.3 is 19.9 Å². The molecule has 2 N–H and O–H groups in total. The first kappa shape index (κ1) is 14.1. The first-order chi connectivity index (χ1) is 11.1. The van der Waals surface area contributed by atoms with Crippen molar-refractivity contribution >= 4 is 17.6 Å². The smallest absolute Gasteiger partial charge is 0.307 e. The van der Waals surface area contributed by atoms with Crippen molar-refractivity contribution in [2.45, 2.75) is 6.42 Å². The molecular formula is C17H17NO5. The number of carboxylic acids is 1. The van der Waals surface area contributed by atoms with Crippen molar-refractivity contribution in [1.82, 2.24) is 0 Å². The van der Waals surface area contributed by atoms with Crippen LogP contribution in [-0.2, 0) is 9.59 Å². The van der Waals surface area contributed by atoms with Gasteiger partial charge in [-0.2, -0.15) is 0 Å². The van der Waals surface area contributed by atoms with Gasteiger partial charge in [0.15, 0.2) is 11.5 Å². The molecule has 0 unspecified atom stereocenters. The average Bonchev–Trinajstić information content (AvgIpc) is 3.15. The largest absolute Gasteiger partial charge is 0.486 e. The molecule has 0 radical (unpaired) electrons. The lowest BCUT2D eigenvalue weighted by Crippen LogP contribution is -2.36. The van der Waals surface area contributed by atoms with Crippen LogP contribution < -0.4 is 14.8 Å². The summed E-state index contributed by atoms with van der Waals surface area (Å²) in [5, 5.41) is 12.3. The molecular weight excluding hydrogens is 298 g/mol. The van der Waals surface area contributed by atoms with Crippen LogP contribution >= 0.6 is 0 Å². The number of rotatable bonds is 3. The second kappa shape index (κ2) is 5.30. The summed E-state index contributed by atoms with van der Waals surface area (Å²) in [5.41, 5.74) is 0.593. The molecule has 23 heavy (non-hydrogen) atoms. The van der Waals surface area contributed by atoms with Gasteiger partial charge in [0.2, 0.25) is 5.91 Å². The van der Waals surface area contributed by atoms with Gasteiger partial charge in [0.25, 0.3) is 0 Å². The van der Waals surface area contributed by atoms with Crippen LogP contribution in [0, 0.1) is 23.7 Å². The van der Waals surface area contributed by atoms with Crippen LogP contribution in [0.15, 0.2) is 30.4 Å². The van der Waals surface area contributed by atoms with Crippen molar-refractivity contribution in [3.63, 3.8) is 0 Å². The van der Waals surface area contributed by atoms with Crippen molar-refractivity contribution < 1.29 is 24.2 Å². The Kier molecular flexibility index (Phi) is 3.25. The molecule has 6 heteroatoms. The van der Waals surface area contributed by atoms with E-state index in [9.17, 15) is 14.7 Å². The standard InChI is InChI=1S/C17H17NO5/c19-16(14-9-1-2-10(7-9)15(14)17(20)21)18-11-3-4-12-13(8-11)23-6-5-22-12/h1-4,8-10,14-15H,5-7H2,(H,18,19)(H,20,21)/t9-,10-,14+,15-/m0/s1. The molecule has 0 saturated heterocycles. The highest BCUT2D eigenvalue weighted by Crippen LogP contribution is 2.48. The fraction of sp³-hybridized carbons (Fsp3) is 0.412. The number of carboxylic acid groups (broad SMARTS) is 1. The Morgan fingerprint density at radius 3 is 2.48 bits per heavy atom. The maximum absolute atomic E-state index is 12.6. The molecule has 120 valence electrons. The Morgan fingerprint density at radius 2 is 1.74 bits per heavy atom. The summed E-state index contributed by atoms with van der Waals surface area (Å²) in [4.78, 5) is 24.1. The first-order valence-electron chi connectivity index (χ1n) is 7.75. The van der Waals surface area contributed by atoms with E-state index in [0.717, 1.165) is 6.42 Å². The number of benzene rings is 1. The summed E-state index contributed by atoms with van der Waals surface area (Å²) in [6.07, 6.45) is 4.64. The molecule has 1 aromatic carbocycles. The van der Waals surface area contributed by atoms with E-state index in [2.05, 4.69) is 5.32 Å². The molecule has 1 fully saturated rings. The number of amides is 1. The van der Waals surface area contributed by atoms with Crippen molar-refractivity contribution in [2.24, 2.45) is 23.7 Å². The summed E-state index contributed by atoms with van der Waals surface area (Å²) >= 11 is 0. The van der Waals surface area contributed by atoms with Gasteiger partial charge in [-0.1, -0.05) is 12.2 Å².